The molecule has 0 saturated carbocycles. The fourth-order valence-electron chi connectivity index (χ4n) is 1.31. The van der Waals surface area contributed by atoms with Gasteiger partial charge < -0.3 is 20.3 Å². The number of nitrogens with one attached hydrogen (secondary N) is 1. The summed E-state index contributed by atoms with van der Waals surface area (Å²) in [6, 6.07) is 0. The van der Waals surface area contributed by atoms with Crippen molar-refractivity contribution in [1.29, 1.82) is 0 Å². The number of hydrogen-bond donors (Lipinski definition) is 3. The molecule has 1 aromatic rings. The van der Waals surface area contributed by atoms with Crippen LogP contribution in [0.15, 0.2) is 6.33 Å². The second-order valence-corrected chi connectivity index (χ2v) is 3.98. The number of halogens is 1. The Balaban J connectivity index is 3.05. The summed E-state index contributed by atoms with van der Waals surface area (Å²) in [5, 5.41) is 21.8. The third-order valence-corrected chi connectivity index (χ3v) is 2.90. The quantitative estimate of drug-likeness (QED) is 0.653. The molecule has 0 radical (unpaired) electrons. The van der Waals surface area contributed by atoms with Crippen LogP contribution in [0.5, 0.6) is 5.75 Å². The zero-order valence-electron chi connectivity index (χ0n) is 9.77. The van der Waals surface area contributed by atoms with Crippen LogP contribution >= 0.6 is 11.6 Å². The molecule has 1 heterocycles. The van der Waals surface area contributed by atoms with Crippen LogP contribution in [0.2, 0.25) is 5.15 Å². The van der Waals surface area contributed by atoms with Gasteiger partial charge in [-0.3, -0.25) is 0 Å². The van der Waals surface area contributed by atoms with Crippen molar-refractivity contribution >= 4 is 17.4 Å². The van der Waals surface area contributed by atoms with Gasteiger partial charge in [0.15, 0.2) is 16.7 Å². The fourth-order valence-corrected chi connectivity index (χ4v) is 1.52. The third-order valence-electron chi connectivity index (χ3n) is 2.63. The molecule has 0 aliphatic carbocycles. The summed E-state index contributed by atoms with van der Waals surface area (Å²) in [6.07, 6.45) is 1.80. The number of aliphatic hydroxyl groups is 2. The number of methoxy groups -OCH3 is 1. The highest BCUT2D eigenvalue weighted by molar-refractivity contribution is 6.31. The van der Waals surface area contributed by atoms with Gasteiger partial charge in [0.2, 0.25) is 0 Å². The summed E-state index contributed by atoms with van der Waals surface area (Å²) in [5.41, 5.74) is -0.856. The van der Waals surface area contributed by atoms with E-state index >= 15 is 0 Å². The van der Waals surface area contributed by atoms with Crippen LogP contribution in [0.4, 0.5) is 5.82 Å². The van der Waals surface area contributed by atoms with E-state index in [1.165, 1.54) is 13.4 Å². The van der Waals surface area contributed by atoms with Gasteiger partial charge in [-0.05, 0) is 6.42 Å². The van der Waals surface area contributed by atoms with Gasteiger partial charge in [-0.2, -0.15) is 0 Å². The molecular formula is C10H16ClN3O3. The van der Waals surface area contributed by atoms with Gasteiger partial charge >= 0.3 is 0 Å². The summed E-state index contributed by atoms with van der Waals surface area (Å²) in [6.45, 7) is 1.38. The van der Waals surface area contributed by atoms with E-state index in [9.17, 15) is 10.2 Å². The van der Waals surface area contributed by atoms with E-state index in [1.807, 2.05) is 6.92 Å². The first-order chi connectivity index (χ1) is 8.12. The third kappa shape index (κ3) is 2.96. The number of aromatic nitrogens is 2. The average molecular weight is 262 g/mol. The van der Waals surface area contributed by atoms with Crippen LogP contribution in [-0.2, 0) is 0 Å². The van der Waals surface area contributed by atoms with Crippen molar-refractivity contribution < 1.29 is 14.9 Å². The lowest BCUT2D eigenvalue weighted by atomic mass is 9.98. The molecule has 0 bridgehead atoms. The van der Waals surface area contributed by atoms with Gasteiger partial charge in [0, 0.05) is 0 Å². The molecule has 17 heavy (non-hydrogen) atoms. The van der Waals surface area contributed by atoms with E-state index in [1.54, 1.807) is 0 Å². The molecule has 7 heteroatoms. The van der Waals surface area contributed by atoms with Crippen molar-refractivity contribution in [2.24, 2.45) is 0 Å². The highest BCUT2D eigenvalue weighted by Crippen LogP contribution is 2.30. The van der Waals surface area contributed by atoms with Gasteiger partial charge in [-0.15, -0.1) is 0 Å². The first kappa shape index (κ1) is 14.0. The second kappa shape index (κ2) is 6.00. The van der Waals surface area contributed by atoms with E-state index in [0.717, 1.165) is 0 Å². The van der Waals surface area contributed by atoms with Crippen LogP contribution in [0.25, 0.3) is 0 Å². The standard InChI is InChI=1S/C10H16ClN3O3/c1-3-10(4-15,5-16)14-9-7(17-2)8(11)12-6-13-9/h6,15-16H,3-5H2,1-2H3,(H,12,13,14). The van der Waals surface area contributed by atoms with Crippen molar-refractivity contribution in [2.45, 2.75) is 18.9 Å². The van der Waals surface area contributed by atoms with Crippen LogP contribution in [0, 0.1) is 0 Å². The molecule has 0 amide bonds. The highest BCUT2D eigenvalue weighted by Gasteiger charge is 2.28. The predicted molar refractivity (Wildman–Crippen MR) is 64.4 cm³/mol. The Kier molecular flexibility index (Phi) is 4.92. The number of rotatable bonds is 6. The number of anilines is 1. The Morgan fingerprint density at radius 2 is 2.06 bits per heavy atom. The zero-order valence-corrected chi connectivity index (χ0v) is 10.5. The van der Waals surface area contributed by atoms with E-state index < -0.39 is 5.54 Å². The Morgan fingerprint density at radius 1 is 1.41 bits per heavy atom. The Morgan fingerprint density at radius 3 is 2.53 bits per heavy atom. The predicted octanol–water partition coefficient (Wildman–Crippen LogP) is 0.684. The van der Waals surface area contributed by atoms with Crippen LogP contribution in [-0.4, -0.2) is 46.0 Å². The maximum atomic E-state index is 9.33. The molecule has 6 nitrogen and oxygen atoms in total. The minimum Gasteiger partial charge on any atom is -0.490 e. The van der Waals surface area contributed by atoms with E-state index in [-0.39, 0.29) is 24.1 Å². The molecule has 0 unspecified atom stereocenters. The molecule has 0 saturated heterocycles. The smallest absolute Gasteiger partial charge is 0.198 e. The van der Waals surface area contributed by atoms with E-state index in [4.69, 9.17) is 16.3 Å². The summed E-state index contributed by atoms with van der Waals surface area (Å²) < 4.78 is 5.07. The highest BCUT2D eigenvalue weighted by atomic mass is 35.5. The van der Waals surface area contributed by atoms with Crippen molar-refractivity contribution in [3.05, 3.63) is 11.5 Å². The number of nitrogens with zero attached hydrogens (tertiary/aromatic N) is 2. The number of ether oxygens (including phenoxy) is 1. The first-order valence-corrected chi connectivity index (χ1v) is 5.54. The molecule has 0 aromatic carbocycles. The number of hydrogen-bond acceptors (Lipinski definition) is 6. The molecule has 0 atom stereocenters. The minimum absolute atomic E-state index is 0.172. The lowest BCUT2D eigenvalue weighted by Gasteiger charge is -2.30. The minimum atomic E-state index is -0.856. The lowest BCUT2D eigenvalue weighted by molar-refractivity contribution is 0.132. The average Bonchev–Trinajstić information content (AvgIpc) is 2.36. The van der Waals surface area contributed by atoms with Crippen LogP contribution in [0.1, 0.15) is 13.3 Å². The number of aliphatic hydroxyl groups excluding tert-OH is 2. The van der Waals surface area contributed by atoms with E-state index in [2.05, 4.69) is 15.3 Å². The zero-order chi connectivity index (χ0) is 12.9. The molecule has 0 aliphatic rings. The van der Waals surface area contributed by atoms with Gasteiger partial charge in [0.1, 0.15) is 6.33 Å². The summed E-state index contributed by atoms with van der Waals surface area (Å²) in [7, 11) is 1.45. The molecule has 0 spiro atoms. The Labute approximate surface area is 105 Å². The monoisotopic (exact) mass is 261 g/mol. The maximum Gasteiger partial charge on any atom is 0.198 e. The summed E-state index contributed by atoms with van der Waals surface area (Å²) in [4.78, 5) is 7.77. The van der Waals surface area contributed by atoms with Crippen molar-refractivity contribution in [2.75, 3.05) is 25.6 Å². The Hall–Kier alpha value is -1.11. The van der Waals surface area contributed by atoms with Gasteiger partial charge in [-0.25, -0.2) is 9.97 Å². The second-order valence-electron chi connectivity index (χ2n) is 3.62. The fraction of sp³-hybridized carbons (Fsp3) is 0.600. The topological polar surface area (TPSA) is 87.5 Å². The first-order valence-electron chi connectivity index (χ1n) is 5.17. The SMILES string of the molecule is CCC(CO)(CO)Nc1ncnc(Cl)c1OC. The van der Waals surface area contributed by atoms with Gasteiger partial charge in [0.05, 0.1) is 25.9 Å². The summed E-state index contributed by atoms with van der Waals surface area (Å²) in [5.74, 6) is 0.631. The molecular weight excluding hydrogens is 246 g/mol. The molecule has 1 rings (SSSR count). The van der Waals surface area contributed by atoms with Crippen molar-refractivity contribution in [3.63, 3.8) is 0 Å². The molecule has 1 aromatic heterocycles. The molecule has 3 N–H and O–H groups in total. The molecule has 0 aliphatic heterocycles. The Bertz CT molecular complexity index is 364. The molecule has 96 valence electrons. The van der Waals surface area contributed by atoms with Gasteiger partial charge in [0.25, 0.3) is 0 Å². The summed E-state index contributed by atoms with van der Waals surface area (Å²) >= 11 is 5.85. The molecule has 0 fully saturated rings. The van der Waals surface area contributed by atoms with Crippen molar-refractivity contribution in [1.82, 2.24) is 9.97 Å². The van der Waals surface area contributed by atoms with Crippen molar-refractivity contribution in [3.8, 4) is 5.75 Å². The maximum absolute atomic E-state index is 9.33. The van der Waals surface area contributed by atoms with Gasteiger partial charge in [-0.1, -0.05) is 18.5 Å². The van der Waals surface area contributed by atoms with Crippen LogP contribution < -0.4 is 10.1 Å². The van der Waals surface area contributed by atoms with E-state index in [0.29, 0.717) is 12.2 Å². The van der Waals surface area contributed by atoms with Crippen LogP contribution in [0.3, 0.4) is 0 Å². The largest absolute Gasteiger partial charge is 0.490 e. The lowest BCUT2D eigenvalue weighted by Crippen LogP contribution is -2.45. The normalized spacial score (nSPS) is 11.4.